The summed E-state index contributed by atoms with van der Waals surface area (Å²) in [5, 5.41) is 3.22. The molecule has 1 amide bonds. The Morgan fingerprint density at radius 2 is 1.70 bits per heavy atom. The number of ether oxygens (including phenoxy) is 1. The molecule has 1 aliphatic heterocycles. The van der Waals surface area contributed by atoms with Crippen molar-refractivity contribution in [1.29, 1.82) is 0 Å². The molecule has 0 bridgehead atoms. The summed E-state index contributed by atoms with van der Waals surface area (Å²) in [5.74, 6) is 0.588. The van der Waals surface area contributed by atoms with Gasteiger partial charge in [-0.3, -0.25) is 4.79 Å². The molecule has 162 valence electrons. The third kappa shape index (κ3) is 5.81. The first-order chi connectivity index (χ1) is 14.5. The van der Waals surface area contributed by atoms with E-state index in [1.807, 2.05) is 30.3 Å². The van der Waals surface area contributed by atoms with Crippen LogP contribution in [0.5, 0.6) is 5.75 Å². The fraction of sp³-hybridized carbons (Fsp3) is 0.409. The minimum absolute atomic E-state index is 0.00820. The summed E-state index contributed by atoms with van der Waals surface area (Å²) >= 11 is 0. The largest absolute Gasteiger partial charge is 0.497 e. The van der Waals surface area contributed by atoms with E-state index in [0.29, 0.717) is 31.8 Å². The number of amides is 1. The van der Waals surface area contributed by atoms with Gasteiger partial charge in [-0.1, -0.05) is 30.3 Å². The van der Waals surface area contributed by atoms with E-state index >= 15 is 0 Å². The Kier molecular flexibility index (Phi) is 7.84. The summed E-state index contributed by atoms with van der Waals surface area (Å²) in [6, 6.07) is 16.1. The van der Waals surface area contributed by atoms with Crippen LogP contribution in [0.25, 0.3) is 0 Å². The molecule has 2 aromatic rings. The van der Waals surface area contributed by atoms with Crippen LogP contribution < -0.4 is 10.1 Å². The molecular weight excluding hydrogens is 402 g/mol. The first-order valence-corrected chi connectivity index (χ1v) is 11.6. The number of nitrogens with one attached hydrogen (secondary N) is 1. The minimum Gasteiger partial charge on any atom is -0.497 e. The average Bonchev–Trinajstić information content (AvgIpc) is 2.80. The van der Waals surface area contributed by atoms with E-state index in [2.05, 4.69) is 5.32 Å². The number of sulfonamides is 1. The Morgan fingerprint density at radius 1 is 1.03 bits per heavy atom. The van der Waals surface area contributed by atoms with Crippen LogP contribution in [0.2, 0.25) is 0 Å². The quantitative estimate of drug-likeness (QED) is 0.655. The van der Waals surface area contributed by atoms with Gasteiger partial charge in [0.2, 0.25) is 15.9 Å². The second-order valence-electron chi connectivity index (χ2n) is 7.20. The van der Waals surface area contributed by atoms with E-state index in [0.717, 1.165) is 18.7 Å². The van der Waals surface area contributed by atoms with E-state index in [1.165, 1.54) is 11.4 Å². The molecule has 0 aromatic heterocycles. The van der Waals surface area contributed by atoms with Crippen LogP contribution in [0.1, 0.15) is 12.0 Å². The number of piperazine rings is 1. The fourth-order valence-corrected chi connectivity index (χ4v) is 4.88. The van der Waals surface area contributed by atoms with E-state index in [-0.39, 0.29) is 23.8 Å². The molecular formula is C22H29N3O4S. The average molecular weight is 432 g/mol. The zero-order valence-electron chi connectivity index (χ0n) is 17.3. The number of hydrogen-bond donors (Lipinski definition) is 1. The summed E-state index contributed by atoms with van der Waals surface area (Å²) in [5.41, 5.74) is 1.06. The molecule has 7 nitrogen and oxygen atoms in total. The topological polar surface area (TPSA) is 79.0 Å². The van der Waals surface area contributed by atoms with Crippen LogP contribution in [-0.4, -0.2) is 69.9 Å². The number of carbonyl (C=O) groups excluding carboxylic acids is 1. The fourth-order valence-electron chi connectivity index (χ4n) is 3.44. The monoisotopic (exact) mass is 431 g/mol. The van der Waals surface area contributed by atoms with Gasteiger partial charge in [0.1, 0.15) is 5.75 Å². The SMILES string of the molecule is COc1ccc(S(=O)(=O)N(CCC(=O)N2CCNCC2)CCc2ccccc2)cc1. The van der Waals surface area contributed by atoms with Gasteiger partial charge in [0.25, 0.3) is 0 Å². The molecule has 1 aliphatic rings. The van der Waals surface area contributed by atoms with Gasteiger partial charge in [-0.05, 0) is 36.2 Å². The molecule has 1 fully saturated rings. The van der Waals surface area contributed by atoms with Gasteiger partial charge in [-0.25, -0.2) is 8.42 Å². The molecule has 1 N–H and O–H groups in total. The lowest BCUT2D eigenvalue weighted by Crippen LogP contribution is -2.47. The summed E-state index contributed by atoms with van der Waals surface area (Å²) < 4.78 is 33.1. The Hall–Kier alpha value is -2.42. The molecule has 0 unspecified atom stereocenters. The number of methoxy groups -OCH3 is 1. The highest BCUT2D eigenvalue weighted by Gasteiger charge is 2.26. The van der Waals surface area contributed by atoms with E-state index in [4.69, 9.17) is 4.74 Å². The molecule has 0 atom stereocenters. The lowest BCUT2D eigenvalue weighted by Gasteiger charge is -2.29. The van der Waals surface area contributed by atoms with Crippen molar-refractivity contribution in [3.05, 3.63) is 60.2 Å². The van der Waals surface area contributed by atoms with Crippen LogP contribution in [-0.2, 0) is 21.2 Å². The standard InChI is InChI=1S/C22H29N3O4S/c1-29-20-7-9-21(10-8-20)30(27,28)25(15-11-19-5-3-2-4-6-19)16-12-22(26)24-17-13-23-14-18-24/h2-10,23H,11-18H2,1H3. The molecule has 0 radical (unpaired) electrons. The maximum Gasteiger partial charge on any atom is 0.243 e. The van der Waals surface area contributed by atoms with Crippen molar-refractivity contribution in [2.75, 3.05) is 46.4 Å². The number of hydrogen-bond acceptors (Lipinski definition) is 5. The van der Waals surface area contributed by atoms with Crippen LogP contribution in [0.4, 0.5) is 0 Å². The number of benzene rings is 2. The molecule has 30 heavy (non-hydrogen) atoms. The third-order valence-corrected chi connectivity index (χ3v) is 7.15. The number of rotatable bonds is 9. The van der Waals surface area contributed by atoms with Gasteiger partial charge < -0.3 is 15.0 Å². The Balaban J connectivity index is 1.73. The van der Waals surface area contributed by atoms with Crippen LogP contribution in [0, 0.1) is 0 Å². The zero-order valence-corrected chi connectivity index (χ0v) is 18.1. The van der Waals surface area contributed by atoms with Gasteiger partial charge >= 0.3 is 0 Å². The molecule has 0 spiro atoms. The van der Waals surface area contributed by atoms with Gasteiger partial charge in [-0.2, -0.15) is 4.31 Å². The lowest BCUT2D eigenvalue weighted by atomic mass is 10.1. The van der Waals surface area contributed by atoms with Crippen molar-refractivity contribution >= 4 is 15.9 Å². The predicted molar refractivity (Wildman–Crippen MR) is 116 cm³/mol. The Morgan fingerprint density at radius 3 is 2.33 bits per heavy atom. The van der Waals surface area contributed by atoms with Crippen LogP contribution in [0.3, 0.4) is 0 Å². The Bertz CT molecular complexity index is 911. The highest BCUT2D eigenvalue weighted by Crippen LogP contribution is 2.20. The molecule has 2 aromatic carbocycles. The first-order valence-electron chi connectivity index (χ1n) is 10.2. The van der Waals surface area contributed by atoms with Crippen LogP contribution >= 0.6 is 0 Å². The molecule has 1 heterocycles. The van der Waals surface area contributed by atoms with Crippen molar-refractivity contribution in [2.45, 2.75) is 17.7 Å². The lowest BCUT2D eigenvalue weighted by molar-refractivity contribution is -0.131. The zero-order chi connectivity index (χ0) is 21.4. The van der Waals surface area contributed by atoms with Gasteiger partial charge in [0.15, 0.2) is 0 Å². The Labute approximate surface area is 178 Å². The van der Waals surface area contributed by atoms with Crippen molar-refractivity contribution in [2.24, 2.45) is 0 Å². The van der Waals surface area contributed by atoms with Gasteiger partial charge in [-0.15, -0.1) is 0 Å². The normalized spacial score (nSPS) is 14.7. The van der Waals surface area contributed by atoms with Crippen molar-refractivity contribution < 1.29 is 17.9 Å². The van der Waals surface area contributed by atoms with Crippen molar-refractivity contribution in [3.8, 4) is 5.75 Å². The maximum absolute atomic E-state index is 13.3. The summed E-state index contributed by atoms with van der Waals surface area (Å²) in [7, 11) is -2.19. The molecule has 3 rings (SSSR count). The van der Waals surface area contributed by atoms with E-state index in [1.54, 1.807) is 29.2 Å². The summed E-state index contributed by atoms with van der Waals surface area (Å²) in [6.07, 6.45) is 0.752. The molecule has 1 saturated heterocycles. The van der Waals surface area contributed by atoms with E-state index in [9.17, 15) is 13.2 Å². The highest BCUT2D eigenvalue weighted by atomic mass is 32.2. The maximum atomic E-state index is 13.3. The number of carbonyl (C=O) groups is 1. The van der Waals surface area contributed by atoms with Crippen molar-refractivity contribution in [3.63, 3.8) is 0 Å². The second-order valence-corrected chi connectivity index (χ2v) is 9.13. The minimum atomic E-state index is -3.73. The van der Waals surface area contributed by atoms with Crippen LogP contribution in [0.15, 0.2) is 59.5 Å². The van der Waals surface area contributed by atoms with Gasteiger partial charge in [0, 0.05) is 45.7 Å². The predicted octanol–water partition coefficient (Wildman–Crippen LogP) is 1.75. The van der Waals surface area contributed by atoms with Gasteiger partial charge in [0.05, 0.1) is 12.0 Å². The molecule has 8 heteroatoms. The highest BCUT2D eigenvalue weighted by molar-refractivity contribution is 7.89. The smallest absolute Gasteiger partial charge is 0.243 e. The first kappa shape index (κ1) is 22.3. The summed E-state index contributed by atoms with van der Waals surface area (Å²) in [4.78, 5) is 14.6. The molecule has 0 aliphatic carbocycles. The third-order valence-electron chi connectivity index (χ3n) is 5.23. The molecule has 0 saturated carbocycles. The number of nitrogens with zero attached hydrogens (tertiary/aromatic N) is 2. The second kappa shape index (κ2) is 10.6. The van der Waals surface area contributed by atoms with E-state index < -0.39 is 10.0 Å². The summed E-state index contributed by atoms with van der Waals surface area (Å²) in [6.45, 7) is 3.33. The van der Waals surface area contributed by atoms with Crippen molar-refractivity contribution in [1.82, 2.24) is 14.5 Å².